The second-order valence-electron chi connectivity index (χ2n) is 9.89. The maximum Gasteiger partial charge on any atom is 0.0959 e. The summed E-state index contributed by atoms with van der Waals surface area (Å²) in [6, 6.07) is 0. The van der Waals surface area contributed by atoms with Crippen LogP contribution in [0.1, 0.15) is 136 Å². The maximum atomic E-state index is 10.4. The van der Waals surface area contributed by atoms with Gasteiger partial charge in [-0.1, -0.05) is 117 Å². The van der Waals surface area contributed by atoms with Crippen molar-refractivity contribution in [1.82, 2.24) is 6.15 Å². The van der Waals surface area contributed by atoms with Gasteiger partial charge in [-0.15, -0.1) is 0 Å². The zero-order valence-corrected chi connectivity index (χ0v) is 21.8. The molecule has 3 heteroatoms. The Hall–Kier alpha value is -0.200. The van der Waals surface area contributed by atoms with Crippen molar-refractivity contribution in [2.45, 2.75) is 136 Å². The second-order valence-corrected chi connectivity index (χ2v) is 16.1. The van der Waals surface area contributed by atoms with Crippen LogP contribution in [-0.2, 0) is 0 Å². The van der Waals surface area contributed by atoms with E-state index in [1.165, 1.54) is 133 Å². The van der Waals surface area contributed by atoms with Gasteiger partial charge in [-0.3, -0.25) is 0 Å². The number of hydrogen-bond donors (Lipinski definition) is 2. The minimum atomic E-state index is -2.16. The molecule has 0 saturated carbocycles. The first-order valence-electron chi connectivity index (χ1n) is 13.0. The molecule has 0 aromatic rings. The van der Waals surface area contributed by atoms with E-state index in [4.69, 9.17) is 0 Å². The quantitative estimate of drug-likeness (QED) is 0.108. The van der Waals surface area contributed by atoms with Gasteiger partial charge in [0.1, 0.15) is 0 Å². The van der Waals surface area contributed by atoms with Crippen LogP contribution in [0.15, 0.2) is 0 Å². The fraction of sp³-hybridized carbons (Fsp3) is 0.962. The molecule has 0 bridgehead atoms. The fourth-order valence-electron chi connectivity index (χ4n) is 4.54. The monoisotopic (exact) mass is 430 g/mol. The number of rotatable bonds is 21. The molecule has 0 amide bonds. The van der Waals surface area contributed by atoms with Crippen LogP contribution < -0.4 is 6.15 Å². The van der Waals surface area contributed by atoms with Crippen molar-refractivity contribution in [3.05, 3.63) is 0 Å². The van der Waals surface area contributed by atoms with Crippen LogP contribution in [0.2, 0.25) is 0 Å². The van der Waals surface area contributed by atoms with Crippen LogP contribution in [0.5, 0.6) is 0 Å². The number of thiol groups is 1. The van der Waals surface area contributed by atoms with Crippen LogP contribution in [0.3, 0.4) is 0 Å². The van der Waals surface area contributed by atoms with Gasteiger partial charge < -0.3 is 6.15 Å². The Kier molecular flexibility index (Phi) is 21.1. The maximum absolute atomic E-state index is 10.4. The van der Waals surface area contributed by atoms with Gasteiger partial charge in [0.15, 0.2) is 0 Å². The van der Waals surface area contributed by atoms with E-state index in [1.54, 1.807) is 0 Å². The molecule has 178 valence electrons. The first kappa shape index (κ1) is 31.0. The van der Waals surface area contributed by atoms with Crippen molar-refractivity contribution >= 4 is 9.16 Å². The summed E-state index contributed by atoms with van der Waals surface area (Å²) in [5, 5.41) is 13.4. The average Bonchev–Trinajstić information content (AvgIpc) is 2.70. The predicted octanol–water partition coefficient (Wildman–Crippen LogP) is 9.41. The van der Waals surface area contributed by atoms with Gasteiger partial charge in [0, 0.05) is 0 Å². The second kappa shape index (κ2) is 19.7. The summed E-state index contributed by atoms with van der Waals surface area (Å²) in [5.41, 5.74) is 0. The Morgan fingerprint density at radius 2 is 0.724 bits per heavy atom. The Bertz CT molecular complexity index is 345. The molecule has 29 heavy (non-hydrogen) atoms. The molecular weight excluding hydrogens is 372 g/mol. The molecular formula is C26H58N2S. The highest BCUT2D eigenvalue weighted by molar-refractivity contribution is 8.52. The molecule has 0 unspecified atom stereocenters. The lowest BCUT2D eigenvalue weighted by atomic mass is 10.1. The smallest absolute Gasteiger partial charge is 0.0959 e. The number of hydrogen-bond acceptors (Lipinski definition) is 2. The lowest BCUT2D eigenvalue weighted by Crippen LogP contribution is -2.27. The SMILES string of the molecule is CCCCCCCC[SH](C)(C#N)(CCCCCCCC)CCCCCCCC.N. The highest BCUT2D eigenvalue weighted by Gasteiger charge is 2.34. The van der Waals surface area contributed by atoms with Crippen LogP contribution in [0, 0.1) is 10.7 Å². The lowest BCUT2D eigenvalue weighted by molar-refractivity contribution is 0.617. The van der Waals surface area contributed by atoms with E-state index in [2.05, 4.69) is 32.4 Å². The van der Waals surface area contributed by atoms with Gasteiger partial charge in [-0.25, -0.2) is 9.16 Å². The Labute approximate surface area is 185 Å². The Morgan fingerprint density at radius 1 is 0.483 bits per heavy atom. The minimum Gasteiger partial charge on any atom is -0.344 e. The molecule has 0 fully saturated rings. The first-order valence-corrected chi connectivity index (χ1v) is 16.2. The molecule has 0 rings (SSSR count). The van der Waals surface area contributed by atoms with Gasteiger partial charge in [0.2, 0.25) is 0 Å². The van der Waals surface area contributed by atoms with Crippen molar-refractivity contribution in [2.75, 3.05) is 23.5 Å². The van der Waals surface area contributed by atoms with Gasteiger partial charge >= 0.3 is 0 Å². The molecule has 0 aliphatic carbocycles. The van der Waals surface area contributed by atoms with Crippen molar-refractivity contribution in [3.8, 4) is 5.40 Å². The number of nitrogens with zero attached hydrogens (tertiary/aromatic N) is 1. The van der Waals surface area contributed by atoms with Crippen molar-refractivity contribution in [2.24, 2.45) is 0 Å². The zero-order chi connectivity index (χ0) is 21.0. The molecule has 0 aliphatic rings. The number of thiocyanates is 1. The normalized spacial score (nSPS) is 12.7. The van der Waals surface area contributed by atoms with E-state index in [0.29, 0.717) is 0 Å². The molecule has 2 nitrogen and oxygen atoms in total. The highest BCUT2D eigenvalue weighted by atomic mass is 32.3. The molecule has 0 radical (unpaired) electrons. The summed E-state index contributed by atoms with van der Waals surface area (Å²) in [6.45, 7) is 6.86. The molecule has 0 heterocycles. The zero-order valence-electron chi connectivity index (χ0n) is 21.0. The van der Waals surface area contributed by atoms with E-state index in [0.717, 1.165) is 0 Å². The van der Waals surface area contributed by atoms with E-state index in [-0.39, 0.29) is 6.15 Å². The molecule has 0 aromatic heterocycles. The molecule has 0 atom stereocenters. The first-order chi connectivity index (χ1) is 13.5. The molecule has 0 aliphatic heterocycles. The van der Waals surface area contributed by atoms with Crippen molar-refractivity contribution in [3.63, 3.8) is 0 Å². The molecule has 3 N–H and O–H groups in total. The fourth-order valence-corrected chi connectivity index (χ4v) is 8.95. The average molecular weight is 431 g/mol. The van der Waals surface area contributed by atoms with E-state index in [1.807, 2.05) is 0 Å². The summed E-state index contributed by atoms with van der Waals surface area (Å²) >= 11 is 0. The summed E-state index contributed by atoms with van der Waals surface area (Å²) in [7, 11) is -2.16. The van der Waals surface area contributed by atoms with Gasteiger partial charge in [0.05, 0.1) is 5.40 Å². The van der Waals surface area contributed by atoms with Gasteiger partial charge in [-0.05, 0) is 42.8 Å². The topological polar surface area (TPSA) is 58.8 Å². The van der Waals surface area contributed by atoms with Crippen molar-refractivity contribution < 1.29 is 0 Å². The summed E-state index contributed by atoms with van der Waals surface area (Å²) in [6.07, 6.45) is 26.8. The van der Waals surface area contributed by atoms with Crippen LogP contribution in [-0.4, -0.2) is 23.5 Å². The standard InChI is InChI=1S/C26H55NS.H3N/c1-5-8-11-14-17-20-23-28(4,26-27,24-21-18-15-12-9-6-2)25-22-19-16-13-10-7-3;/h28H,5-25H2,1-4H3;1H3. The lowest BCUT2D eigenvalue weighted by Gasteiger charge is -2.52. The summed E-state index contributed by atoms with van der Waals surface area (Å²) in [5.74, 6) is 3.74. The summed E-state index contributed by atoms with van der Waals surface area (Å²) < 4.78 is 0. The largest absolute Gasteiger partial charge is 0.344 e. The Balaban J connectivity index is 0. The summed E-state index contributed by atoms with van der Waals surface area (Å²) in [4.78, 5) is 0. The molecule has 0 saturated heterocycles. The van der Waals surface area contributed by atoms with Crippen LogP contribution >= 0.6 is 9.16 Å². The highest BCUT2D eigenvalue weighted by Crippen LogP contribution is 2.67. The molecule has 0 aromatic carbocycles. The Morgan fingerprint density at radius 3 is 0.966 bits per heavy atom. The van der Waals surface area contributed by atoms with Crippen LogP contribution in [0.4, 0.5) is 0 Å². The minimum absolute atomic E-state index is 0. The van der Waals surface area contributed by atoms with Crippen molar-refractivity contribution in [1.29, 1.82) is 5.26 Å². The van der Waals surface area contributed by atoms with Crippen LogP contribution in [0.25, 0.3) is 0 Å². The third kappa shape index (κ3) is 16.2. The predicted molar refractivity (Wildman–Crippen MR) is 140 cm³/mol. The third-order valence-electron chi connectivity index (χ3n) is 6.80. The molecule has 0 spiro atoms. The number of unbranched alkanes of at least 4 members (excludes halogenated alkanes) is 15. The van der Waals surface area contributed by atoms with E-state index < -0.39 is 9.16 Å². The van der Waals surface area contributed by atoms with Gasteiger partial charge in [0.25, 0.3) is 0 Å². The number of nitriles is 1. The van der Waals surface area contributed by atoms with Gasteiger partial charge in [-0.2, -0.15) is 5.26 Å². The van der Waals surface area contributed by atoms with E-state index in [9.17, 15) is 5.26 Å². The van der Waals surface area contributed by atoms with E-state index >= 15 is 0 Å². The third-order valence-corrected chi connectivity index (χ3v) is 12.3.